The molecule has 28 heavy (non-hydrogen) atoms. The number of hydrogen-bond donors (Lipinski definition) is 1. The first kappa shape index (κ1) is 23.5. The van der Waals surface area contributed by atoms with Crippen LogP contribution in [0.2, 0.25) is 0 Å². The van der Waals surface area contributed by atoms with Gasteiger partial charge in [-0.05, 0) is 25.0 Å². The molecule has 0 aliphatic heterocycles. The van der Waals surface area contributed by atoms with Crippen LogP contribution in [-0.4, -0.2) is 18.0 Å². The van der Waals surface area contributed by atoms with Crippen LogP contribution in [0.5, 0.6) is 5.88 Å². The monoisotopic (exact) mass is 396 g/mol. The number of nitrogens with zero attached hydrogens (tertiary/aromatic N) is 1. The van der Waals surface area contributed by atoms with Crippen LogP contribution in [-0.2, 0) is 17.5 Å². The van der Waals surface area contributed by atoms with Gasteiger partial charge in [-0.3, -0.25) is 4.79 Å². The van der Waals surface area contributed by atoms with Gasteiger partial charge in [0.25, 0.3) is 0 Å². The van der Waals surface area contributed by atoms with Gasteiger partial charge in [0.1, 0.15) is 0 Å². The quantitative estimate of drug-likeness (QED) is 0.725. The number of hydrogen-bond acceptors (Lipinski definition) is 3. The molecule has 1 heterocycles. The highest BCUT2D eigenvalue weighted by atomic mass is 19.4. The topological polar surface area (TPSA) is 51.2 Å². The number of alkyl halides is 3. The Morgan fingerprint density at radius 2 is 1.93 bits per heavy atom. The molecule has 4 nitrogen and oxygen atoms in total. The molecule has 0 aliphatic carbocycles. The fourth-order valence-electron chi connectivity index (χ4n) is 2.73. The zero-order valence-electron chi connectivity index (χ0n) is 16.9. The lowest BCUT2D eigenvalue weighted by Crippen LogP contribution is -2.29. The second-order valence-corrected chi connectivity index (χ2v) is 5.98. The van der Waals surface area contributed by atoms with Gasteiger partial charge in [0.2, 0.25) is 11.8 Å². The highest BCUT2D eigenvalue weighted by Gasteiger charge is 2.32. The Hall–Kier alpha value is -2.57. The number of carbonyl (C=O) groups is 1. The summed E-state index contributed by atoms with van der Waals surface area (Å²) in [5.74, 6) is -0.570. The van der Waals surface area contributed by atoms with Crippen LogP contribution in [0.4, 0.5) is 13.2 Å². The van der Waals surface area contributed by atoms with Crippen molar-refractivity contribution in [3.05, 3.63) is 58.8 Å². The smallest absolute Gasteiger partial charge is 0.417 e. The zero-order valence-corrected chi connectivity index (χ0v) is 16.9. The number of ether oxygens (including phenoxy) is 1. The van der Waals surface area contributed by atoms with E-state index in [1.807, 2.05) is 52.0 Å². The number of pyridine rings is 1. The van der Waals surface area contributed by atoms with Crippen molar-refractivity contribution in [2.75, 3.05) is 7.11 Å². The molecule has 0 saturated carbocycles. The molecule has 1 amide bonds. The fraction of sp³-hybridized carbons (Fsp3) is 0.429. The van der Waals surface area contributed by atoms with Crippen molar-refractivity contribution < 1.29 is 22.7 Å². The van der Waals surface area contributed by atoms with Crippen molar-refractivity contribution in [1.82, 2.24) is 10.3 Å². The van der Waals surface area contributed by atoms with Crippen LogP contribution in [0.15, 0.2) is 36.5 Å². The first-order valence-corrected chi connectivity index (χ1v) is 9.20. The van der Waals surface area contributed by atoms with E-state index in [0.717, 1.165) is 17.2 Å². The SMILES string of the molecule is CC.CC[C@H](C(=O)NCc1cc(C(F)(F)F)cnc1OC)c1cccc(C)c1. The van der Waals surface area contributed by atoms with Gasteiger partial charge in [-0.1, -0.05) is 50.6 Å². The van der Waals surface area contributed by atoms with E-state index in [2.05, 4.69) is 10.3 Å². The summed E-state index contributed by atoms with van der Waals surface area (Å²) >= 11 is 0. The maximum atomic E-state index is 12.9. The number of benzene rings is 1. The summed E-state index contributed by atoms with van der Waals surface area (Å²) in [5.41, 5.74) is 1.21. The summed E-state index contributed by atoms with van der Waals surface area (Å²) < 4.78 is 43.6. The molecule has 0 fully saturated rings. The first-order valence-electron chi connectivity index (χ1n) is 9.20. The molecule has 1 atom stereocenters. The standard InChI is InChI=1S/C19H21F3N2O2.C2H6/c1-4-16(13-7-5-6-12(2)8-13)17(25)23-10-14-9-15(19(20,21)22)11-24-18(14)26-3;1-2/h5-9,11,16H,4,10H2,1-3H3,(H,23,25);1-2H3/t16-;/m0./s1. The van der Waals surface area contributed by atoms with Crippen molar-refractivity contribution in [3.8, 4) is 5.88 Å². The van der Waals surface area contributed by atoms with Crippen molar-refractivity contribution in [1.29, 1.82) is 0 Å². The molecule has 0 saturated heterocycles. The number of methoxy groups -OCH3 is 1. The van der Waals surface area contributed by atoms with Gasteiger partial charge in [-0.25, -0.2) is 4.98 Å². The minimum atomic E-state index is -4.51. The predicted molar refractivity (Wildman–Crippen MR) is 103 cm³/mol. The molecule has 0 aliphatic rings. The molecular weight excluding hydrogens is 369 g/mol. The largest absolute Gasteiger partial charge is 0.481 e. The Bertz CT molecular complexity index is 776. The number of amides is 1. The Balaban J connectivity index is 0.00000190. The average Bonchev–Trinajstić information content (AvgIpc) is 2.67. The molecule has 1 aromatic heterocycles. The van der Waals surface area contributed by atoms with Gasteiger partial charge < -0.3 is 10.1 Å². The third kappa shape index (κ3) is 6.25. The molecule has 2 rings (SSSR count). The van der Waals surface area contributed by atoms with Crippen LogP contribution >= 0.6 is 0 Å². The van der Waals surface area contributed by atoms with Gasteiger partial charge >= 0.3 is 6.18 Å². The molecule has 2 aromatic rings. The van der Waals surface area contributed by atoms with E-state index in [9.17, 15) is 18.0 Å². The number of carbonyl (C=O) groups excluding carboxylic acids is 1. The summed E-state index contributed by atoms with van der Waals surface area (Å²) in [7, 11) is 1.32. The van der Waals surface area contributed by atoms with E-state index in [-0.39, 0.29) is 29.8 Å². The molecule has 7 heteroatoms. The van der Waals surface area contributed by atoms with Crippen molar-refractivity contribution >= 4 is 5.91 Å². The summed E-state index contributed by atoms with van der Waals surface area (Å²) in [5, 5.41) is 2.70. The van der Waals surface area contributed by atoms with Crippen molar-refractivity contribution in [2.24, 2.45) is 0 Å². The van der Waals surface area contributed by atoms with Gasteiger partial charge in [0.05, 0.1) is 18.6 Å². The molecule has 0 radical (unpaired) electrons. The van der Waals surface area contributed by atoms with Crippen LogP contribution in [0.3, 0.4) is 0 Å². The number of halogens is 3. The molecule has 0 spiro atoms. The second-order valence-electron chi connectivity index (χ2n) is 5.98. The zero-order chi connectivity index (χ0) is 21.3. The number of nitrogens with one attached hydrogen (secondary N) is 1. The van der Waals surface area contributed by atoms with Gasteiger partial charge in [-0.2, -0.15) is 13.2 Å². The van der Waals surface area contributed by atoms with E-state index in [1.165, 1.54) is 7.11 Å². The third-order valence-electron chi connectivity index (χ3n) is 4.07. The maximum Gasteiger partial charge on any atom is 0.417 e. The van der Waals surface area contributed by atoms with Crippen molar-refractivity contribution in [2.45, 2.75) is 52.8 Å². The van der Waals surface area contributed by atoms with E-state index < -0.39 is 11.7 Å². The Morgan fingerprint density at radius 3 is 2.46 bits per heavy atom. The maximum absolute atomic E-state index is 12.9. The average molecular weight is 396 g/mol. The summed E-state index contributed by atoms with van der Waals surface area (Å²) in [6, 6.07) is 8.56. The highest BCUT2D eigenvalue weighted by Crippen LogP contribution is 2.31. The molecule has 0 bridgehead atoms. The fourth-order valence-corrected chi connectivity index (χ4v) is 2.73. The molecule has 1 aromatic carbocycles. The second kappa shape index (κ2) is 10.7. The van der Waals surface area contributed by atoms with E-state index >= 15 is 0 Å². The Kier molecular flexibility index (Phi) is 8.96. The number of aromatic nitrogens is 1. The Labute approximate surface area is 164 Å². The molecule has 154 valence electrons. The lowest BCUT2D eigenvalue weighted by atomic mass is 9.94. The van der Waals surface area contributed by atoms with Gasteiger partial charge in [0, 0.05) is 18.3 Å². The van der Waals surface area contributed by atoms with Crippen LogP contribution in [0.1, 0.15) is 55.4 Å². The van der Waals surface area contributed by atoms with E-state index in [0.29, 0.717) is 12.6 Å². The van der Waals surface area contributed by atoms with Gasteiger partial charge in [0.15, 0.2) is 0 Å². The van der Waals surface area contributed by atoms with Crippen LogP contribution in [0, 0.1) is 6.92 Å². The number of aryl methyl sites for hydroxylation is 1. The summed E-state index contributed by atoms with van der Waals surface area (Å²) in [4.78, 5) is 16.2. The first-order chi connectivity index (χ1) is 13.3. The molecule has 0 unspecified atom stereocenters. The highest BCUT2D eigenvalue weighted by molar-refractivity contribution is 5.83. The van der Waals surface area contributed by atoms with Crippen LogP contribution < -0.4 is 10.1 Å². The minimum absolute atomic E-state index is 0.0573. The normalized spacial score (nSPS) is 11.9. The Morgan fingerprint density at radius 1 is 1.25 bits per heavy atom. The van der Waals surface area contributed by atoms with E-state index in [1.54, 1.807) is 0 Å². The van der Waals surface area contributed by atoms with Crippen molar-refractivity contribution in [3.63, 3.8) is 0 Å². The van der Waals surface area contributed by atoms with Crippen LogP contribution in [0.25, 0.3) is 0 Å². The molecule has 1 N–H and O–H groups in total. The summed E-state index contributed by atoms with van der Waals surface area (Å²) in [6.07, 6.45) is -3.22. The molecular formula is C21H27F3N2O2. The third-order valence-corrected chi connectivity index (χ3v) is 4.07. The number of rotatable bonds is 6. The lowest BCUT2D eigenvalue weighted by Gasteiger charge is -2.17. The predicted octanol–water partition coefficient (Wildman–Crippen LogP) is 5.25. The summed E-state index contributed by atoms with van der Waals surface area (Å²) in [6.45, 7) is 7.73. The van der Waals surface area contributed by atoms with E-state index in [4.69, 9.17) is 4.74 Å². The van der Waals surface area contributed by atoms with Gasteiger partial charge in [-0.15, -0.1) is 0 Å². The lowest BCUT2D eigenvalue weighted by molar-refractivity contribution is -0.137. The minimum Gasteiger partial charge on any atom is -0.481 e.